The van der Waals surface area contributed by atoms with E-state index in [1.165, 1.54) is 11.1 Å². The van der Waals surface area contributed by atoms with Crippen molar-refractivity contribution in [3.8, 4) is 0 Å². The summed E-state index contributed by atoms with van der Waals surface area (Å²) >= 11 is 13.9. The van der Waals surface area contributed by atoms with E-state index in [4.69, 9.17) is 0 Å². The minimum atomic E-state index is 0.869. The van der Waals surface area contributed by atoms with Crippen molar-refractivity contribution in [3.05, 3.63) is 32.2 Å². The van der Waals surface area contributed by atoms with Gasteiger partial charge in [0, 0.05) is 19.6 Å². The largest absolute Gasteiger partial charge is 0.0876 e. The average Bonchev–Trinajstić information content (AvgIpc) is 2.08. The lowest BCUT2D eigenvalue weighted by Crippen LogP contribution is -1.90. The van der Waals surface area contributed by atoms with Crippen LogP contribution in [0.2, 0.25) is 0 Å². The Morgan fingerprint density at radius 2 is 1.17 bits per heavy atom. The number of alkyl halides is 2. The third kappa shape index (κ3) is 2.34. The number of benzene rings is 1. The van der Waals surface area contributed by atoms with Gasteiger partial charge in [-0.15, -0.1) is 0 Å². The molecule has 0 radical (unpaired) electrons. The Balaban J connectivity index is 3.28. The second-order valence-corrected chi connectivity index (χ2v) is 5.08. The molecule has 0 amide bonds. The van der Waals surface area contributed by atoms with Gasteiger partial charge in [0.1, 0.15) is 0 Å². The van der Waals surface area contributed by atoms with Crippen molar-refractivity contribution in [1.29, 1.82) is 0 Å². The smallest absolute Gasteiger partial charge is 0.0297 e. The van der Waals surface area contributed by atoms with Crippen LogP contribution in [0.4, 0.5) is 0 Å². The van der Waals surface area contributed by atoms with Gasteiger partial charge in [-0.05, 0) is 23.3 Å². The summed E-state index contributed by atoms with van der Waals surface area (Å²) in [6.45, 7) is 0. The Kier molecular flexibility index (Phi) is 4.79. The predicted octanol–water partition coefficient (Wildman–Crippen LogP) is 5.00. The fourth-order valence-corrected chi connectivity index (χ4v) is 3.98. The Bertz CT molecular complexity index is 254. The molecule has 66 valence electrons. The molecule has 0 bridgehead atoms. The molecule has 0 heterocycles. The van der Waals surface area contributed by atoms with Crippen molar-refractivity contribution in [1.82, 2.24) is 0 Å². The summed E-state index contributed by atoms with van der Waals surface area (Å²) in [5.41, 5.74) is 2.59. The molecular formula is C8H6Br4. The predicted molar refractivity (Wildman–Crippen MR) is 67.1 cm³/mol. The van der Waals surface area contributed by atoms with E-state index in [0.29, 0.717) is 0 Å². The zero-order valence-electron chi connectivity index (χ0n) is 6.08. The molecule has 1 aromatic rings. The first-order valence-corrected chi connectivity index (χ1v) is 7.11. The highest BCUT2D eigenvalue weighted by Crippen LogP contribution is 2.30. The van der Waals surface area contributed by atoms with Gasteiger partial charge in [-0.3, -0.25) is 0 Å². The summed E-state index contributed by atoms with van der Waals surface area (Å²) in [7, 11) is 0. The molecule has 0 aliphatic rings. The fraction of sp³-hybridized carbons (Fsp3) is 0.250. The van der Waals surface area contributed by atoms with E-state index in [0.717, 1.165) is 19.6 Å². The van der Waals surface area contributed by atoms with Gasteiger partial charge in [0.15, 0.2) is 0 Å². The summed E-state index contributed by atoms with van der Waals surface area (Å²) in [5, 5.41) is 1.74. The van der Waals surface area contributed by atoms with E-state index >= 15 is 0 Å². The van der Waals surface area contributed by atoms with Crippen LogP contribution >= 0.6 is 63.7 Å². The highest BCUT2D eigenvalue weighted by atomic mass is 79.9. The molecule has 1 rings (SSSR count). The molecule has 0 unspecified atom stereocenters. The van der Waals surface area contributed by atoms with Gasteiger partial charge in [-0.25, -0.2) is 0 Å². The molecule has 0 nitrogen and oxygen atoms in total. The van der Waals surface area contributed by atoms with Crippen LogP contribution in [0.25, 0.3) is 0 Å². The summed E-state index contributed by atoms with van der Waals surface area (Å²) in [6, 6.07) is 4.10. The standard InChI is InChI=1S/C8H6Br4/c9-3-5-6(4-10)8(12)2-1-7(5)11/h1-2H,3-4H2. The lowest BCUT2D eigenvalue weighted by atomic mass is 10.1. The number of hydrogen-bond donors (Lipinski definition) is 0. The van der Waals surface area contributed by atoms with Crippen LogP contribution < -0.4 is 0 Å². The molecule has 0 N–H and O–H groups in total. The van der Waals surface area contributed by atoms with Gasteiger partial charge in [-0.2, -0.15) is 0 Å². The van der Waals surface area contributed by atoms with Crippen LogP contribution in [0.1, 0.15) is 11.1 Å². The third-order valence-corrected chi connectivity index (χ3v) is 4.19. The van der Waals surface area contributed by atoms with Gasteiger partial charge >= 0.3 is 0 Å². The molecule has 0 aliphatic heterocycles. The Morgan fingerprint density at radius 3 is 1.42 bits per heavy atom. The molecule has 1 aromatic carbocycles. The second-order valence-electron chi connectivity index (χ2n) is 2.25. The van der Waals surface area contributed by atoms with E-state index in [1.54, 1.807) is 0 Å². The molecule has 12 heavy (non-hydrogen) atoms. The number of rotatable bonds is 2. The maximum atomic E-state index is 3.51. The monoisotopic (exact) mass is 418 g/mol. The van der Waals surface area contributed by atoms with Crippen LogP contribution in [0.5, 0.6) is 0 Å². The van der Waals surface area contributed by atoms with Crippen LogP contribution in [0, 0.1) is 0 Å². The minimum Gasteiger partial charge on any atom is -0.0876 e. The van der Waals surface area contributed by atoms with E-state index in [-0.39, 0.29) is 0 Å². The molecule has 0 spiro atoms. The molecule has 0 aromatic heterocycles. The van der Waals surface area contributed by atoms with E-state index in [2.05, 4.69) is 63.7 Å². The molecule has 0 atom stereocenters. The van der Waals surface area contributed by atoms with Crippen molar-refractivity contribution >= 4 is 63.7 Å². The van der Waals surface area contributed by atoms with Gasteiger partial charge < -0.3 is 0 Å². The van der Waals surface area contributed by atoms with Gasteiger partial charge in [0.05, 0.1) is 0 Å². The molecule has 4 heteroatoms. The SMILES string of the molecule is BrCc1c(Br)ccc(Br)c1CBr. The highest BCUT2D eigenvalue weighted by Gasteiger charge is 2.07. The van der Waals surface area contributed by atoms with Crippen LogP contribution in [-0.2, 0) is 10.7 Å². The van der Waals surface area contributed by atoms with Crippen molar-refractivity contribution in [3.63, 3.8) is 0 Å². The minimum absolute atomic E-state index is 0.869. The number of halogens is 4. The van der Waals surface area contributed by atoms with Crippen LogP contribution in [0.15, 0.2) is 21.1 Å². The van der Waals surface area contributed by atoms with Crippen molar-refractivity contribution in [2.24, 2.45) is 0 Å². The maximum absolute atomic E-state index is 3.51. The van der Waals surface area contributed by atoms with E-state index < -0.39 is 0 Å². The molecule has 0 aliphatic carbocycles. The summed E-state index contributed by atoms with van der Waals surface area (Å²) < 4.78 is 2.30. The normalized spacial score (nSPS) is 10.3. The zero-order chi connectivity index (χ0) is 9.14. The maximum Gasteiger partial charge on any atom is 0.0297 e. The summed E-state index contributed by atoms with van der Waals surface area (Å²) in [4.78, 5) is 0. The Hall–Kier alpha value is 1.14. The van der Waals surface area contributed by atoms with Crippen LogP contribution in [0.3, 0.4) is 0 Å². The average molecular weight is 422 g/mol. The first-order valence-electron chi connectivity index (χ1n) is 3.28. The molecule has 0 saturated carbocycles. The fourth-order valence-electron chi connectivity index (χ4n) is 0.925. The lowest BCUT2D eigenvalue weighted by Gasteiger charge is -2.08. The topological polar surface area (TPSA) is 0 Å². The zero-order valence-corrected chi connectivity index (χ0v) is 12.4. The van der Waals surface area contributed by atoms with Gasteiger partial charge in [0.25, 0.3) is 0 Å². The molecule has 0 fully saturated rings. The molecular weight excluding hydrogens is 416 g/mol. The first-order chi connectivity index (χ1) is 5.70. The quantitative estimate of drug-likeness (QED) is 0.589. The van der Waals surface area contributed by atoms with Crippen molar-refractivity contribution in [2.75, 3.05) is 0 Å². The first kappa shape index (κ1) is 11.2. The van der Waals surface area contributed by atoms with Crippen molar-refractivity contribution < 1.29 is 0 Å². The lowest BCUT2D eigenvalue weighted by molar-refractivity contribution is 1.26. The second kappa shape index (κ2) is 5.13. The van der Waals surface area contributed by atoms with Crippen molar-refractivity contribution in [2.45, 2.75) is 10.7 Å². The van der Waals surface area contributed by atoms with Crippen LogP contribution in [-0.4, -0.2) is 0 Å². The highest BCUT2D eigenvalue weighted by molar-refractivity contribution is 9.11. The summed E-state index contributed by atoms with van der Waals surface area (Å²) in [6.07, 6.45) is 0. The Morgan fingerprint density at radius 1 is 0.833 bits per heavy atom. The molecule has 0 saturated heterocycles. The van der Waals surface area contributed by atoms with Gasteiger partial charge in [0.2, 0.25) is 0 Å². The third-order valence-electron chi connectivity index (χ3n) is 1.58. The van der Waals surface area contributed by atoms with E-state index in [9.17, 15) is 0 Å². The van der Waals surface area contributed by atoms with E-state index in [1.807, 2.05) is 12.1 Å². The van der Waals surface area contributed by atoms with Gasteiger partial charge in [-0.1, -0.05) is 63.7 Å². The Labute approximate surface area is 106 Å². The summed E-state index contributed by atoms with van der Waals surface area (Å²) in [5.74, 6) is 0. The number of hydrogen-bond acceptors (Lipinski definition) is 0.